The number of hydrogen-bond acceptors (Lipinski definition) is 2. The first kappa shape index (κ1) is 14.1. The van der Waals surface area contributed by atoms with E-state index in [0.717, 1.165) is 45.2 Å². The summed E-state index contributed by atoms with van der Waals surface area (Å²) in [5.74, 6) is 0.309. The Kier molecular flexibility index (Phi) is 5.40. The fourth-order valence-electron chi connectivity index (χ4n) is 2.86. The highest BCUT2D eigenvalue weighted by molar-refractivity contribution is 5.77. The Hall–Kier alpha value is -1.35. The Morgan fingerprint density at radius 3 is 2.84 bits per heavy atom. The lowest BCUT2D eigenvalue weighted by molar-refractivity contribution is -0.132. The Labute approximate surface area is 115 Å². The molecule has 1 heterocycles. The van der Waals surface area contributed by atoms with Gasteiger partial charge in [0.2, 0.25) is 5.91 Å². The van der Waals surface area contributed by atoms with Gasteiger partial charge in [0.25, 0.3) is 0 Å². The summed E-state index contributed by atoms with van der Waals surface area (Å²) in [7, 11) is 0. The van der Waals surface area contributed by atoms with Gasteiger partial charge in [0.1, 0.15) is 0 Å². The van der Waals surface area contributed by atoms with Gasteiger partial charge in [0.15, 0.2) is 0 Å². The van der Waals surface area contributed by atoms with Crippen molar-refractivity contribution in [2.75, 3.05) is 13.1 Å². The molecule has 1 aromatic rings. The van der Waals surface area contributed by atoms with Gasteiger partial charge < -0.3 is 10.6 Å². The van der Waals surface area contributed by atoms with Crippen molar-refractivity contribution in [3.63, 3.8) is 0 Å². The molecular formula is C16H24N2O. The SMILES string of the molecule is NCCCC1CCCN1C(=O)CCc1ccccc1. The summed E-state index contributed by atoms with van der Waals surface area (Å²) < 4.78 is 0. The molecule has 104 valence electrons. The molecule has 1 aromatic carbocycles. The second kappa shape index (κ2) is 7.29. The van der Waals surface area contributed by atoms with E-state index >= 15 is 0 Å². The van der Waals surface area contributed by atoms with Crippen molar-refractivity contribution < 1.29 is 4.79 Å². The summed E-state index contributed by atoms with van der Waals surface area (Å²) in [5, 5.41) is 0. The molecule has 1 amide bonds. The first-order valence-corrected chi connectivity index (χ1v) is 7.34. The zero-order chi connectivity index (χ0) is 13.5. The van der Waals surface area contributed by atoms with Crippen LogP contribution < -0.4 is 5.73 Å². The summed E-state index contributed by atoms with van der Waals surface area (Å²) in [6, 6.07) is 10.7. The molecule has 1 saturated heterocycles. The molecule has 1 unspecified atom stereocenters. The molecule has 0 spiro atoms. The summed E-state index contributed by atoms with van der Waals surface area (Å²) in [6.07, 6.45) is 5.85. The van der Waals surface area contributed by atoms with Gasteiger partial charge in [-0.2, -0.15) is 0 Å². The van der Waals surface area contributed by atoms with Crippen molar-refractivity contribution in [1.82, 2.24) is 4.90 Å². The number of benzene rings is 1. The van der Waals surface area contributed by atoms with Crippen LogP contribution in [0.25, 0.3) is 0 Å². The van der Waals surface area contributed by atoms with Crippen molar-refractivity contribution in [3.8, 4) is 0 Å². The van der Waals surface area contributed by atoms with Gasteiger partial charge in [-0.15, -0.1) is 0 Å². The predicted molar refractivity (Wildman–Crippen MR) is 77.8 cm³/mol. The number of hydrogen-bond donors (Lipinski definition) is 1. The molecule has 0 radical (unpaired) electrons. The van der Waals surface area contributed by atoms with Crippen LogP contribution in [0.4, 0.5) is 0 Å². The highest BCUT2D eigenvalue weighted by Crippen LogP contribution is 2.22. The second-order valence-corrected chi connectivity index (χ2v) is 5.30. The fraction of sp³-hybridized carbons (Fsp3) is 0.562. The molecule has 1 aliphatic rings. The quantitative estimate of drug-likeness (QED) is 0.853. The van der Waals surface area contributed by atoms with Gasteiger partial charge in [0, 0.05) is 19.0 Å². The van der Waals surface area contributed by atoms with Crippen molar-refractivity contribution in [3.05, 3.63) is 35.9 Å². The van der Waals surface area contributed by atoms with Crippen LogP contribution in [0.2, 0.25) is 0 Å². The summed E-state index contributed by atoms with van der Waals surface area (Å²) in [6.45, 7) is 1.66. The van der Waals surface area contributed by atoms with E-state index in [4.69, 9.17) is 5.73 Å². The average molecular weight is 260 g/mol. The third-order valence-corrected chi connectivity index (χ3v) is 3.91. The maximum Gasteiger partial charge on any atom is 0.223 e. The van der Waals surface area contributed by atoms with Crippen LogP contribution in [0.1, 0.15) is 37.7 Å². The minimum atomic E-state index is 0.309. The molecule has 3 nitrogen and oxygen atoms in total. The van der Waals surface area contributed by atoms with Crippen LogP contribution >= 0.6 is 0 Å². The monoisotopic (exact) mass is 260 g/mol. The van der Waals surface area contributed by atoms with Crippen LogP contribution in [0.15, 0.2) is 30.3 Å². The molecule has 0 saturated carbocycles. The largest absolute Gasteiger partial charge is 0.340 e. The summed E-state index contributed by atoms with van der Waals surface area (Å²) in [5.41, 5.74) is 6.80. The Morgan fingerprint density at radius 1 is 1.32 bits per heavy atom. The first-order chi connectivity index (χ1) is 9.31. The van der Waals surface area contributed by atoms with E-state index < -0.39 is 0 Å². The number of nitrogens with zero attached hydrogens (tertiary/aromatic N) is 1. The van der Waals surface area contributed by atoms with Gasteiger partial charge >= 0.3 is 0 Å². The van der Waals surface area contributed by atoms with E-state index in [1.54, 1.807) is 0 Å². The lowest BCUT2D eigenvalue weighted by Crippen LogP contribution is -2.35. The van der Waals surface area contributed by atoms with Gasteiger partial charge in [-0.3, -0.25) is 4.79 Å². The van der Waals surface area contributed by atoms with Crippen molar-refractivity contribution in [1.29, 1.82) is 0 Å². The third kappa shape index (κ3) is 4.06. The van der Waals surface area contributed by atoms with Crippen LogP contribution in [-0.4, -0.2) is 29.9 Å². The number of likely N-dealkylation sites (tertiary alicyclic amines) is 1. The van der Waals surface area contributed by atoms with Gasteiger partial charge in [0.05, 0.1) is 0 Å². The fourth-order valence-corrected chi connectivity index (χ4v) is 2.86. The molecule has 2 N–H and O–H groups in total. The van der Waals surface area contributed by atoms with Crippen molar-refractivity contribution >= 4 is 5.91 Å². The molecule has 3 heteroatoms. The number of nitrogens with two attached hydrogens (primary N) is 1. The minimum absolute atomic E-state index is 0.309. The number of rotatable bonds is 6. The van der Waals surface area contributed by atoms with Crippen molar-refractivity contribution in [2.24, 2.45) is 5.73 Å². The average Bonchev–Trinajstić information content (AvgIpc) is 2.92. The molecule has 1 aliphatic heterocycles. The zero-order valence-corrected chi connectivity index (χ0v) is 11.6. The lowest BCUT2D eigenvalue weighted by Gasteiger charge is -2.24. The van der Waals surface area contributed by atoms with E-state index in [1.165, 1.54) is 5.56 Å². The molecule has 1 atom stereocenters. The van der Waals surface area contributed by atoms with Crippen LogP contribution in [0, 0.1) is 0 Å². The van der Waals surface area contributed by atoms with Gasteiger partial charge in [-0.05, 0) is 44.2 Å². The highest BCUT2D eigenvalue weighted by atomic mass is 16.2. The van der Waals surface area contributed by atoms with Gasteiger partial charge in [-0.25, -0.2) is 0 Å². The van der Waals surface area contributed by atoms with Gasteiger partial charge in [-0.1, -0.05) is 30.3 Å². The maximum absolute atomic E-state index is 12.3. The zero-order valence-electron chi connectivity index (χ0n) is 11.6. The Balaban J connectivity index is 1.82. The first-order valence-electron chi connectivity index (χ1n) is 7.34. The van der Waals surface area contributed by atoms with E-state index in [0.29, 0.717) is 18.4 Å². The third-order valence-electron chi connectivity index (χ3n) is 3.91. The van der Waals surface area contributed by atoms with Crippen LogP contribution in [-0.2, 0) is 11.2 Å². The second-order valence-electron chi connectivity index (χ2n) is 5.30. The molecule has 0 bridgehead atoms. The van der Waals surface area contributed by atoms with E-state index in [2.05, 4.69) is 17.0 Å². The molecule has 0 aliphatic carbocycles. The van der Waals surface area contributed by atoms with Crippen LogP contribution in [0.3, 0.4) is 0 Å². The lowest BCUT2D eigenvalue weighted by atomic mass is 10.1. The number of amides is 1. The summed E-state index contributed by atoms with van der Waals surface area (Å²) >= 11 is 0. The van der Waals surface area contributed by atoms with E-state index in [-0.39, 0.29) is 0 Å². The Morgan fingerprint density at radius 2 is 2.11 bits per heavy atom. The summed E-state index contributed by atoms with van der Waals surface area (Å²) in [4.78, 5) is 14.4. The topological polar surface area (TPSA) is 46.3 Å². The minimum Gasteiger partial charge on any atom is -0.340 e. The smallest absolute Gasteiger partial charge is 0.223 e. The molecule has 2 rings (SSSR count). The van der Waals surface area contributed by atoms with Crippen molar-refractivity contribution in [2.45, 2.75) is 44.6 Å². The standard InChI is InChI=1S/C16H24N2O/c17-12-4-8-15-9-5-13-18(15)16(19)11-10-14-6-2-1-3-7-14/h1-3,6-7,15H,4-5,8-13,17H2. The highest BCUT2D eigenvalue weighted by Gasteiger charge is 2.27. The normalized spacial score (nSPS) is 18.8. The molecule has 19 heavy (non-hydrogen) atoms. The molecule has 1 fully saturated rings. The maximum atomic E-state index is 12.3. The number of carbonyl (C=O) groups is 1. The van der Waals surface area contributed by atoms with Crippen LogP contribution in [0.5, 0.6) is 0 Å². The molecule has 0 aromatic heterocycles. The Bertz CT molecular complexity index is 391. The molecular weight excluding hydrogens is 236 g/mol. The number of carbonyl (C=O) groups excluding carboxylic acids is 1. The number of aryl methyl sites for hydroxylation is 1. The van der Waals surface area contributed by atoms with E-state index in [9.17, 15) is 4.79 Å². The predicted octanol–water partition coefficient (Wildman–Crippen LogP) is 2.35. The van der Waals surface area contributed by atoms with E-state index in [1.807, 2.05) is 18.2 Å².